The highest BCUT2D eigenvalue weighted by Crippen LogP contribution is 2.34. The van der Waals surface area contributed by atoms with Crippen molar-refractivity contribution in [1.82, 2.24) is 4.73 Å². The lowest BCUT2D eigenvalue weighted by atomic mass is 10.2. The molecule has 0 N–H and O–H groups in total. The van der Waals surface area contributed by atoms with Gasteiger partial charge in [0, 0.05) is 17.9 Å². The summed E-state index contributed by atoms with van der Waals surface area (Å²) in [6.45, 7) is 0.752. The Morgan fingerprint density at radius 3 is 2.29 bits per heavy atom. The zero-order valence-corrected chi connectivity index (χ0v) is 11.7. The van der Waals surface area contributed by atoms with Crippen LogP contribution in [0.1, 0.15) is 23.1 Å². The fourth-order valence-corrected chi connectivity index (χ4v) is 2.16. The molecule has 0 fully saturated rings. The molecular weight excluding hydrogens is 336 g/mol. The van der Waals surface area contributed by atoms with Crippen LogP contribution in [0.4, 0.5) is 13.2 Å². The predicted octanol–water partition coefficient (Wildman–Crippen LogP) is 3.43. The number of hydrogen-bond acceptors (Lipinski definition) is 3. The van der Waals surface area contributed by atoms with E-state index in [-0.39, 0.29) is 14.5 Å². The molecule has 21 heavy (non-hydrogen) atoms. The van der Waals surface area contributed by atoms with Gasteiger partial charge in [0.05, 0.1) is 14.5 Å². The van der Waals surface area contributed by atoms with Crippen molar-refractivity contribution >= 4 is 40.0 Å². The molecule has 2 rings (SSSR count). The van der Waals surface area contributed by atoms with Gasteiger partial charge in [-0.15, -0.1) is 0 Å². The smallest absolute Gasteiger partial charge is 0.438 e. The second kappa shape index (κ2) is 4.88. The number of rotatable bonds is 1. The molecule has 5 nitrogen and oxygen atoms in total. The fourth-order valence-electron chi connectivity index (χ4n) is 1.84. The molecule has 10 heteroatoms. The average molecular weight is 341 g/mol. The molecule has 2 aromatic rings. The minimum absolute atomic E-state index is 0.136. The third kappa shape index (κ3) is 2.44. The van der Waals surface area contributed by atoms with Crippen LogP contribution in [-0.2, 0) is 6.18 Å². The van der Waals surface area contributed by atoms with Crippen LogP contribution >= 0.6 is 23.2 Å². The van der Waals surface area contributed by atoms with Gasteiger partial charge in [-0.25, -0.2) is 0 Å². The Labute approximate surface area is 124 Å². The van der Waals surface area contributed by atoms with Gasteiger partial charge in [-0.1, -0.05) is 23.2 Å². The van der Waals surface area contributed by atoms with E-state index in [1.54, 1.807) is 0 Å². The molecule has 0 saturated carbocycles. The van der Waals surface area contributed by atoms with Crippen molar-refractivity contribution in [3.05, 3.63) is 43.7 Å². The van der Waals surface area contributed by atoms with Crippen molar-refractivity contribution < 1.29 is 22.4 Å². The van der Waals surface area contributed by atoms with Crippen molar-refractivity contribution in [2.45, 2.75) is 13.1 Å². The standard InChI is InChI=1S/C11H5Cl2F3N2O3/c1-4(19)9-10(11(14,15)16)18(21)8-3-6(13)5(12)2-7(8)17(9)20/h2-3H,1H3. The van der Waals surface area contributed by atoms with Gasteiger partial charge in [0.25, 0.3) is 5.52 Å². The van der Waals surface area contributed by atoms with Crippen molar-refractivity contribution in [3.63, 3.8) is 0 Å². The third-order valence-corrected chi connectivity index (χ3v) is 3.41. The van der Waals surface area contributed by atoms with E-state index in [1.165, 1.54) is 0 Å². The molecule has 0 aliphatic heterocycles. The Balaban J connectivity index is 3.14. The summed E-state index contributed by atoms with van der Waals surface area (Å²) in [4.78, 5) is 23.3. The van der Waals surface area contributed by atoms with Crippen LogP contribution in [0.15, 0.2) is 12.1 Å². The van der Waals surface area contributed by atoms with Crippen LogP contribution in [0.2, 0.25) is 10.0 Å². The molecule has 0 unspecified atom stereocenters. The molecular formula is C11H5Cl2F3N2O3. The highest BCUT2D eigenvalue weighted by molar-refractivity contribution is 6.42. The van der Waals surface area contributed by atoms with Gasteiger partial charge in [0.2, 0.25) is 11.5 Å². The number of fused-ring (bicyclic) bond motifs is 1. The Morgan fingerprint density at radius 1 is 1.29 bits per heavy atom. The quantitative estimate of drug-likeness (QED) is 0.590. The maximum Gasteiger partial charge on any atom is 0.438 e. The summed E-state index contributed by atoms with van der Waals surface area (Å²) in [5, 5.41) is 11.6. The number of carbonyl (C=O) groups excluding carboxylic acids is 1. The summed E-state index contributed by atoms with van der Waals surface area (Å²) in [7, 11) is 0. The highest BCUT2D eigenvalue weighted by Gasteiger charge is 2.43. The molecule has 1 heterocycles. The normalized spacial score (nSPS) is 11.9. The first-order chi connectivity index (χ1) is 9.55. The molecule has 0 radical (unpaired) electrons. The summed E-state index contributed by atoms with van der Waals surface area (Å²) >= 11 is 11.3. The number of benzene rings is 1. The first-order valence-electron chi connectivity index (χ1n) is 5.31. The number of carbonyl (C=O) groups is 1. The van der Waals surface area contributed by atoms with Gasteiger partial charge >= 0.3 is 11.9 Å². The molecule has 1 aromatic carbocycles. The summed E-state index contributed by atoms with van der Waals surface area (Å²) < 4.78 is 38.1. The molecule has 0 aliphatic rings. The van der Waals surface area contributed by atoms with E-state index in [2.05, 4.69) is 0 Å². The Morgan fingerprint density at radius 2 is 1.81 bits per heavy atom. The van der Waals surface area contributed by atoms with E-state index >= 15 is 0 Å². The fraction of sp³-hybridized carbons (Fsp3) is 0.182. The lowest BCUT2D eigenvalue weighted by Gasteiger charge is -2.20. The lowest BCUT2D eigenvalue weighted by molar-refractivity contribution is -0.470. The molecule has 0 saturated heterocycles. The SMILES string of the molecule is CC(=O)c1c(C(F)(F)F)n([O-])c2cc(Cl)c(Cl)cc2[n+]1=O. The van der Waals surface area contributed by atoms with Gasteiger partial charge in [0.1, 0.15) is 5.52 Å². The molecule has 0 atom stereocenters. The molecule has 112 valence electrons. The second-order valence-electron chi connectivity index (χ2n) is 4.09. The van der Waals surface area contributed by atoms with Crippen LogP contribution in [0.3, 0.4) is 0 Å². The summed E-state index contributed by atoms with van der Waals surface area (Å²) in [6.07, 6.45) is -5.19. The lowest BCUT2D eigenvalue weighted by Crippen LogP contribution is -2.33. The second-order valence-corrected chi connectivity index (χ2v) is 4.91. The number of Topliss-reactive ketones (excluding diaryl/α,β-unsaturated/α-hetero) is 1. The van der Waals surface area contributed by atoms with Crippen LogP contribution in [-0.4, -0.2) is 10.5 Å². The number of nitrogens with zero attached hydrogens (tertiary/aromatic N) is 2. The molecule has 0 amide bonds. The topological polar surface area (TPSA) is 68.0 Å². The zero-order chi connectivity index (χ0) is 16.1. The van der Waals surface area contributed by atoms with E-state index in [9.17, 15) is 28.1 Å². The summed E-state index contributed by atoms with van der Waals surface area (Å²) in [5.41, 5.74) is -4.33. The van der Waals surface area contributed by atoms with Crippen molar-refractivity contribution in [3.8, 4) is 0 Å². The van der Waals surface area contributed by atoms with Crippen LogP contribution in [0, 0.1) is 10.1 Å². The van der Waals surface area contributed by atoms with Crippen molar-refractivity contribution in [2.75, 3.05) is 0 Å². The van der Waals surface area contributed by atoms with Crippen LogP contribution in [0.5, 0.6) is 0 Å². The van der Waals surface area contributed by atoms with Gasteiger partial charge in [-0.05, 0) is 6.07 Å². The molecule has 1 aromatic heterocycles. The van der Waals surface area contributed by atoms with E-state index < -0.39 is 39.1 Å². The number of aromatic nitrogens is 2. The van der Waals surface area contributed by atoms with Gasteiger partial charge in [0.15, 0.2) is 0 Å². The van der Waals surface area contributed by atoms with Gasteiger partial charge < -0.3 is 9.94 Å². The Hall–Kier alpha value is -1.80. The Bertz CT molecular complexity index is 830. The van der Waals surface area contributed by atoms with E-state index in [0.29, 0.717) is 0 Å². The van der Waals surface area contributed by atoms with E-state index in [1.807, 2.05) is 0 Å². The third-order valence-electron chi connectivity index (χ3n) is 2.69. The first kappa shape index (κ1) is 15.6. The zero-order valence-electron chi connectivity index (χ0n) is 10.2. The molecule has 0 aliphatic carbocycles. The van der Waals surface area contributed by atoms with Crippen molar-refractivity contribution in [2.24, 2.45) is 0 Å². The number of ketones is 1. The predicted molar refractivity (Wildman–Crippen MR) is 69.1 cm³/mol. The summed E-state index contributed by atoms with van der Waals surface area (Å²) in [5.74, 6) is -1.20. The monoisotopic (exact) mass is 340 g/mol. The number of hydrogen-bond donors (Lipinski definition) is 0. The number of alkyl halides is 3. The van der Waals surface area contributed by atoms with E-state index in [4.69, 9.17) is 23.2 Å². The van der Waals surface area contributed by atoms with Crippen LogP contribution < -0.4 is 4.43 Å². The Kier molecular flexibility index (Phi) is 3.63. The van der Waals surface area contributed by atoms with Crippen LogP contribution in [0.25, 0.3) is 11.0 Å². The summed E-state index contributed by atoms with van der Waals surface area (Å²) in [6, 6.07) is 1.76. The maximum absolute atomic E-state index is 13.0. The molecule has 0 spiro atoms. The van der Waals surface area contributed by atoms with E-state index in [0.717, 1.165) is 19.1 Å². The first-order valence-corrected chi connectivity index (χ1v) is 6.07. The number of halogens is 5. The maximum atomic E-state index is 13.0. The highest BCUT2D eigenvalue weighted by atomic mass is 35.5. The van der Waals surface area contributed by atoms with Gasteiger partial charge in [-0.2, -0.15) is 13.2 Å². The molecule has 0 bridgehead atoms. The minimum Gasteiger partial charge on any atom is -0.805 e. The average Bonchev–Trinajstić information content (AvgIpc) is 2.33. The minimum atomic E-state index is -5.19. The van der Waals surface area contributed by atoms with Gasteiger partial charge in [-0.3, -0.25) is 4.79 Å². The van der Waals surface area contributed by atoms with Crippen molar-refractivity contribution in [1.29, 1.82) is 0 Å². The largest absolute Gasteiger partial charge is 0.805 e.